The topological polar surface area (TPSA) is 215 Å². The molecule has 4 rings (SSSR count). The first-order valence-electron chi connectivity index (χ1n) is 14.6. The van der Waals surface area contributed by atoms with Crippen LogP contribution in [0.25, 0.3) is 0 Å². The third kappa shape index (κ3) is 11.6. The maximum atomic E-state index is 12.0. The molecule has 0 unspecified atom stereocenters. The summed E-state index contributed by atoms with van der Waals surface area (Å²) in [7, 11) is 14.4. The van der Waals surface area contributed by atoms with Crippen LogP contribution in [0.5, 0.6) is 28.7 Å². The number of para-hydroxylation sites is 2. The number of nitrogens with two attached hydrogens (primary N) is 1. The average molecular weight is 729 g/mol. The predicted molar refractivity (Wildman–Crippen MR) is 202 cm³/mol. The van der Waals surface area contributed by atoms with Crippen LogP contribution in [0.4, 0.5) is 17.1 Å². The van der Waals surface area contributed by atoms with E-state index in [9.17, 15) is 39.0 Å². The first-order valence-corrected chi connectivity index (χ1v) is 14.6. The fourth-order valence-corrected chi connectivity index (χ4v) is 3.83. The van der Waals surface area contributed by atoms with Gasteiger partial charge >= 0.3 is 0 Å². The van der Waals surface area contributed by atoms with Crippen LogP contribution >= 0.6 is 12.4 Å². The van der Waals surface area contributed by atoms with Crippen LogP contribution < -0.4 is 47.0 Å². The van der Waals surface area contributed by atoms with Crippen LogP contribution in [0, 0.1) is 0 Å². The lowest BCUT2D eigenvalue weighted by Gasteiger charge is -2.16. The van der Waals surface area contributed by atoms with Gasteiger partial charge in [0, 0.05) is 43.7 Å². The van der Waals surface area contributed by atoms with Crippen molar-refractivity contribution in [1.82, 2.24) is 9.80 Å². The summed E-state index contributed by atoms with van der Waals surface area (Å²) in [5.41, 5.74) is 3.52. The summed E-state index contributed by atoms with van der Waals surface area (Å²) in [4.78, 5) is 70.7. The number of nitrogens with zero attached hydrogens (tertiary/aromatic N) is 2. The molecule has 0 aromatic heterocycles. The number of rotatable bonds is 10. The number of phenolic OH excluding ortho intramolecular Hbond substituents is 2. The summed E-state index contributed by atoms with van der Waals surface area (Å²) in [6.45, 7) is 6.15. The number of hydrogen-bond donors (Lipinski definition) is 4. The van der Waals surface area contributed by atoms with E-state index >= 15 is 0 Å². The summed E-state index contributed by atoms with van der Waals surface area (Å²) < 4.78 is 14.9. The molecule has 274 valence electrons. The van der Waals surface area contributed by atoms with Crippen molar-refractivity contribution in [3.8, 4) is 28.7 Å². The number of carbonyl (C=O) groups is 2. The van der Waals surface area contributed by atoms with Crippen molar-refractivity contribution in [2.45, 2.75) is 28.2 Å². The fourth-order valence-electron chi connectivity index (χ4n) is 3.83. The zero-order chi connectivity index (χ0) is 37.6. The summed E-state index contributed by atoms with van der Waals surface area (Å²) in [6, 6.07) is 9.23. The minimum atomic E-state index is -0.716. The summed E-state index contributed by atoms with van der Waals surface area (Å²) >= 11 is 0. The van der Waals surface area contributed by atoms with E-state index in [-0.39, 0.29) is 95.2 Å². The monoisotopic (exact) mass is 728 g/mol. The number of ether oxygens (including phenoxy) is 3. The smallest absolute Gasteiger partial charge is 0.275 e. The Morgan fingerprint density at radius 3 is 1.47 bits per heavy atom. The van der Waals surface area contributed by atoms with Crippen molar-refractivity contribution in [2.75, 3.05) is 59.1 Å². The Labute approximate surface area is 304 Å². The average Bonchev–Trinajstić information content (AvgIpc) is 3.10. The summed E-state index contributed by atoms with van der Waals surface area (Å²) in [5.74, 6) is -0.996. The third-order valence-corrected chi connectivity index (χ3v) is 6.19. The summed E-state index contributed by atoms with van der Waals surface area (Å²) in [5, 5.41) is 22.3. The number of halogens is 1. The molecule has 0 atom stereocenters. The van der Waals surface area contributed by atoms with Crippen LogP contribution in [-0.2, 0) is 0 Å². The van der Waals surface area contributed by atoms with Gasteiger partial charge in [-0.1, -0.05) is 19.6 Å². The van der Waals surface area contributed by atoms with Gasteiger partial charge in [-0.25, -0.2) is 0 Å². The lowest BCUT2D eigenvalue weighted by Crippen LogP contribution is -2.35. The van der Waals surface area contributed by atoms with Gasteiger partial charge in [0.2, 0.25) is 11.5 Å². The van der Waals surface area contributed by atoms with Crippen LogP contribution in [0.2, 0.25) is 0 Å². The molecule has 0 aliphatic rings. The Hall–Kier alpha value is -5.44. The molecule has 0 aliphatic heterocycles. The minimum Gasteiger partial charge on any atom is -0.505 e. The van der Waals surface area contributed by atoms with E-state index in [4.69, 9.17) is 19.9 Å². The van der Waals surface area contributed by atoms with Crippen molar-refractivity contribution >= 4 is 56.8 Å². The van der Waals surface area contributed by atoms with E-state index in [0.717, 1.165) is 0 Å². The standard InChI is InChI=1S/C15H16N2O5.C9H12N2O2.C8H10O4.CH4.B2.ClH/c1-4-22-14-10(12(19)13(14)20)16-9-7-5-6-8(11(9)18)15(21)17(2)3;1-11(2)9(13)6-4-3-5-7(10)8(6)12;1-3-11-7-5(9)6(10)8(7)12-4-2;;1-2;/h5-7,16,18H,4H2,1-3H3;3-5,12H,10H2,1-2H3;3-4H2,1-2H3;1H4;;1H. The Morgan fingerprint density at radius 2 is 1.06 bits per heavy atom. The van der Waals surface area contributed by atoms with Crippen molar-refractivity contribution in [3.05, 3.63) is 88.4 Å². The van der Waals surface area contributed by atoms with Gasteiger partial charge in [-0.2, -0.15) is 0 Å². The molecule has 0 saturated carbocycles. The molecule has 51 heavy (non-hydrogen) atoms. The molecule has 0 aliphatic carbocycles. The number of aromatic hydroxyl groups is 2. The highest BCUT2D eigenvalue weighted by molar-refractivity contribution is 6.75. The fraction of sp³-hybridized carbons (Fsp3) is 0.333. The van der Waals surface area contributed by atoms with Gasteiger partial charge in [0.1, 0.15) is 5.69 Å². The molecular weight excluding hydrogens is 685 g/mol. The zero-order valence-electron chi connectivity index (χ0n) is 28.7. The van der Waals surface area contributed by atoms with E-state index in [0.29, 0.717) is 13.2 Å². The highest BCUT2D eigenvalue weighted by atomic mass is 35.5. The molecule has 0 bridgehead atoms. The Morgan fingerprint density at radius 1 is 0.686 bits per heavy atom. The van der Waals surface area contributed by atoms with Gasteiger partial charge in [-0.05, 0) is 45.0 Å². The van der Waals surface area contributed by atoms with Crippen molar-refractivity contribution in [2.24, 2.45) is 0 Å². The Balaban J connectivity index is 0. The number of nitrogens with one attached hydrogen (secondary N) is 1. The van der Waals surface area contributed by atoms with Crippen LogP contribution in [0.1, 0.15) is 48.9 Å². The molecule has 0 saturated heterocycles. The molecule has 0 heterocycles. The highest BCUT2D eigenvalue weighted by Gasteiger charge is 2.25. The first kappa shape index (κ1) is 47.7. The van der Waals surface area contributed by atoms with Gasteiger partial charge in [0.15, 0.2) is 17.2 Å². The second kappa shape index (κ2) is 22.3. The van der Waals surface area contributed by atoms with Gasteiger partial charge in [0.25, 0.3) is 33.5 Å². The highest BCUT2D eigenvalue weighted by Crippen LogP contribution is 2.32. The second-order valence-electron chi connectivity index (χ2n) is 9.95. The third-order valence-electron chi connectivity index (χ3n) is 6.19. The second-order valence-corrected chi connectivity index (χ2v) is 9.95. The van der Waals surface area contributed by atoms with Crippen molar-refractivity contribution in [1.29, 1.82) is 0 Å². The molecule has 4 aromatic rings. The molecule has 0 spiro atoms. The number of benzene rings is 2. The van der Waals surface area contributed by atoms with Crippen LogP contribution in [-0.4, -0.2) is 95.3 Å². The van der Waals surface area contributed by atoms with Crippen molar-refractivity contribution < 1.29 is 34.0 Å². The molecule has 18 heteroatoms. The SMILES string of the molecule is C.CCOc1c(Nc2cccc(C(=O)N(C)C)c2O)c(=O)c1=O.CCOc1c(OCC)c(=O)c1=O.CN(C)C(=O)c1cccc(N)c1O.Cl.[B][B]. The molecule has 15 nitrogen and oxygen atoms in total. The van der Waals surface area contributed by atoms with Gasteiger partial charge in [-0.15, -0.1) is 12.4 Å². The van der Waals surface area contributed by atoms with E-state index in [1.807, 2.05) is 0 Å². The summed E-state index contributed by atoms with van der Waals surface area (Å²) in [6.07, 6.45) is 0. The molecule has 2 amide bonds. The Kier molecular flexibility index (Phi) is 20.9. The van der Waals surface area contributed by atoms with Crippen molar-refractivity contribution in [3.63, 3.8) is 0 Å². The van der Waals surface area contributed by atoms with Crippen LogP contribution in [0.15, 0.2) is 55.6 Å². The largest absolute Gasteiger partial charge is 0.505 e. The quantitative estimate of drug-likeness (QED) is 0.0796. The van der Waals surface area contributed by atoms with E-state index < -0.39 is 21.7 Å². The predicted octanol–water partition coefficient (Wildman–Crippen LogP) is 1.88. The van der Waals surface area contributed by atoms with E-state index in [1.54, 1.807) is 67.2 Å². The molecule has 0 fully saturated rings. The molecule has 4 aromatic carbocycles. The molecular formula is C33H43B2ClN4O11. The minimum absolute atomic E-state index is 0. The number of anilines is 3. The maximum Gasteiger partial charge on any atom is 0.275 e. The number of nitrogen functional groups attached to an aromatic ring is 1. The number of hydrogen-bond acceptors (Lipinski definition) is 13. The number of phenols is 2. The molecule has 4 radical (unpaired) electrons. The lowest BCUT2D eigenvalue weighted by atomic mass is 9.81. The molecule has 5 N–H and O–H groups in total. The van der Waals surface area contributed by atoms with Gasteiger partial charge in [0.05, 0.1) is 42.3 Å². The number of amides is 2. The number of carbonyl (C=O) groups excluding carboxylic acids is 2. The van der Waals surface area contributed by atoms with E-state index in [1.165, 1.54) is 28.0 Å². The maximum absolute atomic E-state index is 12.0. The Bertz CT molecular complexity index is 1850. The van der Waals surface area contributed by atoms with Gasteiger partial charge in [-0.3, -0.25) is 28.8 Å². The van der Waals surface area contributed by atoms with E-state index in [2.05, 4.69) is 20.8 Å². The first-order chi connectivity index (χ1) is 23.1. The van der Waals surface area contributed by atoms with Crippen LogP contribution in [0.3, 0.4) is 0 Å². The lowest BCUT2D eigenvalue weighted by molar-refractivity contribution is 0.0817. The normalized spacial score (nSPS) is 9.47. The van der Waals surface area contributed by atoms with Gasteiger partial charge < -0.3 is 45.3 Å². The zero-order valence-corrected chi connectivity index (χ0v) is 29.5.